The van der Waals surface area contributed by atoms with Crippen LogP contribution in [0, 0.1) is 12.3 Å². The number of hydrogen-bond acceptors (Lipinski definition) is 2. The molecule has 0 atom stereocenters. The first kappa shape index (κ1) is 13.4. The fourth-order valence-electron chi connectivity index (χ4n) is 1.64. The van der Waals surface area contributed by atoms with Gasteiger partial charge in [-0.2, -0.15) is 0 Å². The lowest BCUT2D eigenvalue weighted by molar-refractivity contribution is 0.0696. The largest absolute Gasteiger partial charge is 0.478 e. The summed E-state index contributed by atoms with van der Waals surface area (Å²) in [5.41, 5.74) is 1.52. The quantitative estimate of drug-likeness (QED) is 0.837. The number of carbonyl (C=O) groups excluding carboxylic acids is 1. The van der Waals surface area contributed by atoms with Crippen molar-refractivity contribution in [2.24, 2.45) is 0 Å². The number of hydrogen-bond donors (Lipinski definition) is 2. The molecule has 0 heterocycles. The molecule has 1 radical (unpaired) electrons. The Morgan fingerprint density at radius 3 is 2.35 bits per heavy atom. The highest BCUT2D eigenvalue weighted by atomic mass is 16.4. The van der Waals surface area contributed by atoms with Crippen LogP contribution in [0.3, 0.4) is 0 Å². The lowest BCUT2D eigenvalue weighted by Crippen LogP contribution is -2.12. The Balaban J connectivity index is 2.17. The summed E-state index contributed by atoms with van der Waals surface area (Å²) in [6.07, 6.45) is 6.96. The van der Waals surface area contributed by atoms with Crippen molar-refractivity contribution in [2.45, 2.75) is 0 Å². The Hall–Kier alpha value is -3.06. The Labute approximate surface area is 116 Å². The molecule has 20 heavy (non-hydrogen) atoms. The van der Waals surface area contributed by atoms with Gasteiger partial charge in [0, 0.05) is 16.8 Å². The monoisotopic (exact) mass is 264 g/mol. The third-order valence-corrected chi connectivity index (χ3v) is 2.66. The van der Waals surface area contributed by atoms with Crippen molar-refractivity contribution in [3.63, 3.8) is 0 Å². The number of nitrogens with one attached hydrogen (secondary N) is 1. The van der Waals surface area contributed by atoms with Gasteiger partial charge in [-0.15, -0.1) is 0 Å². The number of aromatic carboxylic acids is 1. The summed E-state index contributed by atoms with van der Waals surface area (Å²) in [5, 5.41) is 11.5. The van der Waals surface area contributed by atoms with E-state index in [-0.39, 0.29) is 11.5 Å². The van der Waals surface area contributed by atoms with Crippen molar-refractivity contribution in [3.05, 3.63) is 71.6 Å². The summed E-state index contributed by atoms with van der Waals surface area (Å²) in [4.78, 5) is 22.8. The van der Waals surface area contributed by atoms with E-state index in [1.165, 1.54) is 12.1 Å². The molecule has 0 aliphatic heterocycles. The van der Waals surface area contributed by atoms with E-state index in [0.29, 0.717) is 16.8 Å². The van der Waals surface area contributed by atoms with Crippen LogP contribution in [-0.4, -0.2) is 17.0 Å². The zero-order valence-electron chi connectivity index (χ0n) is 10.4. The number of anilines is 1. The molecule has 0 aliphatic rings. The van der Waals surface area contributed by atoms with Crippen molar-refractivity contribution in [1.29, 1.82) is 0 Å². The van der Waals surface area contributed by atoms with E-state index in [1.54, 1.807) is 36.4 Å². The summed E-state index contributed by atoms with van der Waals surface area (Å²) in [5.74, 6) is 0.823. The van der Waals surface area contributed by atoms with Crippen molar-refractivity contribution < 1.29 is 14.7 Å². The Morgan fingerprint density at radius 1 is 1.05 bits per heavy atom. The Morgan fingerprint density at radius 2 is 1.75 bits per heavy atom. The molecule has 1 amide bonds. The van der Waals surface area contributed by atoms with E-state index in [2.05, 4.69) is 11.2 Å². The van der Waals surface area contributed by atoms with Gasteiger partial charge < -0.3 is 10.4 Å². The van der Waals surface area contributed by atoms with Crippen molar-refractivity contribution in [1.82, 2.24) is 0 Å². The van der Waals surface area contributed by atoms with Gasteiger partial charge in [-0.05, 0) is 48.9 Å². The standard InChI is InChI=1S/C16H10NO3/c1-2-11-6-8-12(9-7-11)15(18)17-14-5-3-4-13(10-14)16(19)20/h3-10H,(H,17,18)(H,19,20). The first-order valence-electron chi connectivity index (χ1n) is 5.77. The van der Waals surface area contributed by atoms with Crippen LogP contribution in [0.25, 0.3) is 0 Å². The molecule has 0 fully saturated rings. The number of carboxylic acids is 1. The van der Waals surface area contributed by atoms with E-state index in [4.69, 9.17) is 11.5 Å². The highest BCUT2D eigenvalue weighted by molar-refractivity contribution is 6.04. The minimum Gasteiger partial charge on any atom is -0.478 e. The molecule has 2 aromatic rings. The first-order chi connectivity index (χ1) is 9.60. The van der Waals surface area contributed by atoms with Crippen LogP contribution in [0.1, 0.15) is 26.3 Å². The fourth-order valence-corrected chi connectivity index (χ4v) is 1.64. The minimum atomic E-state index is -1.05. The van der Waals surface area contributed by atoms with E-state index in [0.717, 1.165) is 0 Å². The SMILES string of the molecule is [C]#Cc1ccc(C(=O)Nc2cccc(C(=O)O)c2)cc1. The summed E-state index contributed by atoms with van der Waals surface area (Å²) in [6, 6.07) is 12.4. The topological polar surface area (TPSA) is 66.4 Å². The van der Waals surface area contributed by atoms with Gasteiger partial charge in [0.1, 0.15) is 0 Å². The van der Waals surface area contributed by atoms with E-state index in [9.17, 15) is 9.59 Å². The van der Waals surface area contributed by atoms with Gasteiger partial charge in [0.15, 0.2) is 0 Å². The molecule has 4 nitrogen and oxygen atoms in total. The highest BCUT2D eigenvalue weighted by Crippen LogP contribution is 2.13. The molecule has 4 heteroatoms. The maximum absolute atomic E-state index is 12.0. The number of carboxylic acid groups (broad SMARTS) is 1. The molecule has 0 bridgehead atoms. The van der Waals surface area contributed by atoms with Crippen molar-refractivity contribution in [2.75, 3.05) is 5.32 Å². The van der Waals surface area contributed by atoms with Gasteiger partial charge in [-0.25, -0.2) is 4.79 Å². The minimum absolute atomic E-state index is 0.108. The third kappa shape index (κ3) is 3.03. The van der Waals surface area contributed by atoms with E-state index in [1.807, 2.05) is 0 Å². The maximum atomic E-state index is 12.0. The van der Waals surface area contributed by atoms with Gasteiger partial charge in [-0.1, -0.05) is 12.0 Å². The summed E-state index contributed by atoms with van der Waals surface area (Å²) in [6.45, 7) is 0. The highest BCUT2D eigenvalue weighted by Gasteiger charge is 2.08. The second kappa shape index (κ2) is 5.72. The maximum Gasteiger partial charge on any atom is 0.335 e. The molecule has 97 valence electrons. The van der Waals surface area contributed by atoms with Gasteiger partial charge in [0.2, 0.25) is 0 Å². The van der Waals surface area contributed by atoms with Crippen molar-refractivity contribution >= 4 is 17.6 Å². The second-order valence-electron chi connectivity index (χ2n) is 4.04. The van der Waals surface area contributed by atoms with Crippen LogP contribution < -0.4 is 5.32 Å². The zero-order valence-corrected chi connectivity index (χ0v) is 10.4. The van der Waals surface area contributed by atoms with Crippen molar-refractivity contribution in [3.8, 4) is 5.92 Å². The first-order valence-corrected chi connectivity index (χ1v) is 5.77. The predicted octanol–water partition coefficient (Wildman–Crippen LogP) is 2.57. The molecule has 2 aromatic carbocycles. The zero-order chi connectivity index (χ0) is 14.5. The van der Waals surface area contributed by atoms with Crippen LogP contribution in [-0.2, 0) is 0 Å². The lowest BCUT2D eigenvalue weighted by Gasteiger charge is -2.06. The van der Waals surface area contributed by atoms with Gasteiger partial charge >= 0.3 is 5.97 Å². The van der Waals surface area contributed by atoms with E-state index < -0.39 is 5.97 Å². The van der Waals surface area contributed by atoms with Crippen LogP contribution >= 0.6 is 0 Å². The molecule has 0 unspecified atom stereocenters. The van der Waals surface area contributed by atoms with Crippen LogP contribution in [0.2, 0.25) is 0 Å². The molecule has 2 rings (SSSR count). The second-order valence-corrected chi connectivity index (χ2v) is 4.04. The van der Waals surface area contributed by atoms with E-state index >= 15 is 0 Å². The smallest absolute Gasteiger partial charge is 0.335 e. The molecule has 0 spiro atoms. The third-order valence-electron chi connectivity index (χ3n) is 2.66. The fraction of sp³-hybridized carbons (Fsp3) is 0. The summed E-state index contributed by atoms with van der Waals surface area (Å²) < 4.78 is 0. The van der Waals surface area contributed by atoms with Crippen LogP contribution in [0.5, 0.6) is 0 Å². The Kier molecular flexibility index (Phi) is 3.82. The van der Waals surface area contributed by atoms with Crippen LogP contribution in [0.4, 0.5) is 5.69 Å². The molecular formula is C16H10NO3. The van der Waals surface area contributed by atoms with Gasteiger partial charge in [0.05, 0.1) is 5.56 Å². The number of rotatable bonds is 3. The molecule has 0 saturated carbocycles. The molecule has 0 aliphatic carbocycles. The number of amides is 1. The number of benzene rings is 2. The summed E-state index contributed by atoms with van der Waals surface area (Å²) in [7, 11) is 0. The average molecular weight is 264 g/mol. The molecule has 0 aromatic heterocycles. The van der Waals surface area contributed by atoms with Gasteiger partial charge in [0.25, 0.3) is 5.91 Å². The normalized spacial score (nSPS) is 9.55. The van der Waals surface area contributed by atoms with Gasteiger partial charge in [-0.3, -0.25) is 4.79 Å². The summed E-state index contributed by atoms with van der Waals surface area (Å²) >= 11 is 0. The molecule has 0 saturated heterocycles. The lowest BCUT2D eigenvalue weighted by atomic mass is 10.1. The predicted molar refractivity (Wildman–Crippen MR) is 74.0 cm³/mol. The molecule has 2 N–H and O–H groups in total. The number of carbonyl (C=O) groups is 2. The van der Waals surface area contributed by atoms with Crippen LogP contribution in [0.15, 0.2) is 48.5 Å². The molecular weight excluding hydrogens is 254 g/mol. The average Bonchev–Trinajstić information content (AvgIpc) is 2.47. The Bertz CT molecular complexity index is 696.